The van der Waals surface area contributed by atoms with E-state index in [1.165, 1.54) is 22.4 Å². The molecular formula is C18H28ClN3O. The van der Waals surface area contributed by atoms with Crippen LogP contribution in [0, 0.1) is 13.8 Å². The van der Waals surface area contributed by atoms with Crippen molar-refractivity contribution in [3.63, 3.8) is 0 Å². The molecule has 0 bridgehead atoms. The van der Waals surface area contributed by atoms with Crippen LogP contribution in [0.15, 0.2) is 30.0 Å². The van der Waals surface area contributed by atoms with Crippen LogP contribution in [0.3, 0.4) is 0 Å². The van der Waals surface area contributed by atoms with Gasteiger partial charge in [-0.05, 0) is 44.4 Å². The molecule has 4 nitrogen and oxygen atoms in total. The van der Waals surface area contributed by atoms with Crippen LogP contribution in [0.2, 0.25) is 0 Å². The molecule has 1 aliphatic heterocycles. The largest absolute Gasteiger partial charge is 0.368 e. The van der Waals surface area contributed by atoms with Crippen molar-refractivity contribution in [3.05, 3.63) is 41.1 Å². The second kappa shape index (κ2) is 8.82. The number of aryl methyl sites for hydroxylation is 1. The number of allylic oxidation sites excluding steroid dienone is 1. The highest BCUT2D eigenvalue weighted by molar-refractivity contribution is 5.85. The quantitative estimate of drug-likeness (QED) is 0.908. The van der Waals surface area contributed by atoms with Crippen LogP contribution in [0.25, 0.3) is 0 Å². The molecule has 0 saturated carbocycles. The van der Waals surface area contributed by atoms with Crippen LogP contribution in [0.5, 0.6) is 0 Å². The van der Waals surface area contributed by atoms with Crippen molar-refractivity contribution >= 4 is 24.1 Å². The monoisotopic (exact) mass is 337 g/mol. The SMILES string of the molecule is CC/C(C)=C/NC(=O)N1CCN(c2cccc(C)c2C)CC1.Cl. The summed E-state index contributed by atoms with van der Waals surface area (Å²) in [4.78, 5) is 16.4. The molecule has 0 spiro atoms. The molecule has 1 heterocycles. The molecular weight excluding hydrogens is 310 g/mol. The molecule has 2 amide bonds. The summed E-state index contributed by atoms with van der Waals surface area (Å²) in [6, 6.07) is 6.43. The topological polar surface area (TPSA) is 35.6 Å². The lowest BCUT2D eigenvalue weighted by atomic mass is 10.1. The zero-order valence-corrected chi connectivity index (χ0v) is 15.4. The molecule has 1 aromatic carbocycles. The van der Waals surface area contributed by atoms with Crippen LogP contribution in [0.4, 0.5) is 10.5 Å². The first-order chi connectivity index (χ1) is 10.5. The maximum absolute atomic E-state index is 12.1. The normalized spacial score (nSPS) is 15.2. The number of carbonyl (C=O) groups is 1. The predicted octanol–water partition coefficient (Wildman–Crippen LogP) is 3.87. The Morgan fingerprint density at radius 2 is 1.87 bits per heavy atom. The van der Waals surface area contributed by atoms with Crippen molar-refractivity contribution in [1.29, 1.82) is 0 Å². The summed E-state index contributed by atoms with van der Waals surface area (Å²) in [5, 5.41) is 2.88. The fourth-order valence-corrected chi connectivity index (χ4v) is 2.61. The summed E-state index contributed by atoms with van der Waals surface area (Å²) in [5.74, 6) is 0. The second-order valence-corrected chi connectivity index (χ2v) is 5.99. The number of nitrogens with zero attached hydrogens (tertiary/aromatic N) is 2. The van der Waals surface area contributed by atoms with E-state index in [1.807, 2.05) is 18.0 Å². The van der Waals surface area contributed by atoms with E-state index in [-0.39, 0.29) is 18.4 Å². The van der Waals surface area contributed by atoms with E-state index in [1.54, 1.807) is 0 Å². The van der Waals surface area contributed by atoms with Gasteiger partial charge in [-0.25, -0.2) is 4.79 Å². The molecule has 0 aliphatic carbocycles. The van der Waals surface area contributed by atoms with Gasteiger partial charge >= 0.3 is 6.03 Å². The third-order valence-electron chi connectivity index (χ3n) is 4.48. The molecule has 5 heteroatoms. The highest BCUT2D eigenvalue weighted by atomic mass is 35.5. The minimum atomic E-state index is 0. The van der Waals surface area contributed by atoms with Gasteiger partial charge in [-0.2, -0.15) is 0 Å². The summed E-state index contributed by atoms with van der Waals surface area (Å²) in [6.07, 6.45) is 2.78. The van der Waals surface area contributed by atoms with Crippen molar-refractivity contribution in [3.8, 4) is 0 Å². The fourth-order valence-electron chi connectivity index (χ4n) is 2.61. The molecule has 2 rings (SSSR count). The zero-order valence-electron chi connectivity index (χ0n) is 14.6. The molecule has 1 N–H and O–H groups in total. The van der Waals surface area contributed by atoms with Gasteiger partial charge in [-0.15, -0.1) is 12.4 Å². The average Bonchev–Trinajstić information content (AvgIpc) is 2.55. The van der Waals surface area contributed by atoms with Gasteiger partial charge in [-0.1, -0.05) is 24.6 Å². The lowest BCUT2D eigenvalue weighted by molar-refractivity contribution is 0.198. The molecule has 23 heavy (non-hydrogen) atoms. The Labute approximate surface area is 145 Å². The summed E-state index contributed by atoms with van der Waals surface area (Å²) in [7, 11) is 0. The summed E-state index contributed by atoms with van der Waals surface area (Å²) in [6.45, 7) is 11.7. The Hall–Kier alpha value is -1.68. The van der Waals surface area contributed by atoms with Crippen molar-refractivity contribution in [2.75, 3.05) is 31.1 Å². The molecule has 1 aromatic rings. The van der Waals surface area contributed by atoms with Crippen molar-refractivity contribution < 1.29 is 4.79 Å². The van der Waals surface area contributed by atoms with Crippen LogP contribution in [0.1, 0.15) is 31.4 Å². The standard InChI is InChI=1S/C18H27N3O.ClH/c1-5-14(2)13-19-18(22)21-11-9-20(10-12-21)17-8-6-7-15(3)16(17)4;/h6-8,13H,5,9-12H2,1-4H3,(H,19,22);1H/b14-13+;. The number of rotatable bonds is 3. The van der Waals surface area contributed by atoms with Gasteiger partial charge in [0.05, 0.1) is 0 Å². The zero-order chi connectivity index (χ0) is 16.1. The fraction of sp³-hybridized carbons (Fsp3) is 0.500. The van der Waals surface area contributed by atoms with Gasteiger partial charge in [0, 0.05) is 38.1 Å². The summed E-state index contributed by atoms with van der Waals surface area (Å²) >= 11 is 0. The molecule has 0 unspecified atom stereocenters. The van der Waals surface area contributed by atoms with Gasteiger partial charge in [0.1, 0.15) is 0 Å². The molecule has 1 fully saturated rings. The van der Waals surface area contributed by atoms with Gasteiger partial charge < -0.3 is 15.1 Å². The van der Waals surface area contributed by atoms with E-state index in [2.05, 4.69) is 49.2 Å². The third-order valence-corrected chi connectivity index (χ3v) is 4.48. The van der Waals surface area contributed by atoms with E-state index in [4.69, 9.17) is 0 Å². The Morgan fingerprint density at radius 1 is 1.22 bits per heavy atom. The minimum absolute atomic E-state index is 0. The lowest BCUT2D eigenvalue weighted by Gasteiger charge is -2.36. The smallest absolute Gasteiger partial charge is 0.321 e. The molecule has 128 valence electrons. The summed E-state index contributed by atoms with van der Waals surface area (Å²) < 4.78 is 0. The number of benzene rings is 1. The highest BCUT2D eigenvalue weighted by Gasteiger charge is 2.21. The Kier molecular flexibility index (Phi) is 7.43. The average molecular weight is 338 g/mol. The van der Waals surface area contributed by atoms with Crippen LogP contribution in [-0.4, -0.2) is 37.1 Å². The van der Waals surface area contributed by atoms with Crippen molar-refractivity contribution in [2.45, 2.75) is 34.1 Å². The van der Waals surface area contributed by atoms with Crippen LogP contribution < -0.4 is 10.2 Å². The molecule has 0 atom stereocenters. The number of amides is 2. The van der Waals surface area contributed by atoms with E-state index >= 15 is 0 Å². The van der Waals surface area contributed by atoms with E-state index in [0.29, 0.717) is 0 Å². The molecule has 1 saturated heterocycles. The first kappa shape index (κ1) is 19.4. The predicted molar refractivity (Wildman–Crippen MR) is 99.5 cm³/mol. The number of urea groups is 1. The Balaban J connectivity index is 0.00000264. The maximum Gasteiger partial charge on any atom is 0.321 e. The Bertz CT molecular complexity index is 563. The molecule has 1 aliphatic rings. The van der Waals surface area contributed by atoms with Crippen molar-refractivity contribution in [1.82, 2.24) is 10.2 Å². The molecule has 0 radical (unpaired) electrons. The number of hydrogen-bond donors (Lipinski definition) is 1. The third kappa shape index (κ3) is 4.90. The summed E-state index contributed by atoms with van der Waals surface area (Å²) in [5.41, 5.74) is 5.13. The van der Waals surface area contributed by atoms with Gasteiger partial charge in [0.15, 0.2) is 0 Å². The van der Waals surface area contributed by atoms with E-state index in [9.17, 15) is 4.79 Å². The van der Waals surface area contributed by atoms with E-state index < -0.39 is 0 Å². The van der Waals surface area contributed by atoms with E-state index in [0.717, 1.165) is 32.6 Å². The highest BCUT2D eigenvalue weighted by Crippen LogP contribution is 2.23. The van der Waals surface area contributed by atoms with Crippen molar-refractivity contribution in [2.24, 2.45) is 0 Å². The second-order valence-electron chi connectivity index (χ2n) is 5.99. The van der Waals surface area contributed by atoms with Gasteiger partial charge in [-0.3, -0.25) is 0 Å². The number of halogens is 1. The van der Waals surface area contributed by atoms with Gasteiger partial charge in [0.2, 0.25) is 0 Å². The maximum atomic E-state index is 12.1. The minimum Gasteiger partial charge on any atom is -0.368 e. The number of hydrogen-bond acceptors (Lipinski definition) is 2. The number of anilines is 1. The number of carbonyl (C=O) groups excluding carboxylic acids is 1. The molecule has 0 aromatic heterocycles. The lowest BCUT2D eigenvalue weighted by Crippen LogP contribution is -2.51. The number of piperazine rings is 1. The Morgan fingerprint density at radius 3 is 2.48 bits per heavy atom. The van der Waals surface area contributed by atoms with Crippen LogP contribution in [-0.2, 0) is 0 Å². The van der Waals surface area contributed by atoms with Gasteiger partial charge in [0.25, 0.3) is 0 Å². The van der Waals surface area contributed by atoms with Crippen LogP contribution >= 0.6 is 12.4 Å². The number of nitrogens with one attached hydrogen (secondary N) is 1. The first-order valence-electron chi connectivity index (χ1n) is 8.05. The first-order valence-corrected chi connectivity index (χ1v) is 8.05.